The fraction of sp³-hybridized carbons (Fsp3) is 0.750. The predicted molar refractivity (Wildman–Crippen MR) is 112 cm³/mol. The Kier molecular flexibility index (Phi) is 4.53. The largest absolute Gasteiger partial charge is 0.508 e. The molecule has 6 unspecified atom stereocenters. The van der Waals surface area contributed by atoms with E-state index in [1.807, 2.05) is 12.1 Å². The molecule has 1 saturated carbocycles. The van der Waals surface area contributed by atoms with Crippen molar-refractivity contribution in [1.29, 1.82) is 0 Å². The number of hydrogen-bond acceptors (Lipinski definition) is 4. The molecule has 154 valence electrons. The average molecular weight is 385 g/mol. The SMILES string of the molecule is CCCC(NC)C1COC2(C)C3Cc4cccc(O)c4C12CC(CC1CC1)N3. The first-order chi connectivity index (χ1) is 13.5. The van der Waals surface area contributed by atoms with Crippen LogP contribution in [0.25, 0.3) is 0 Å². The van der Waals surface area contributed by atoms with E-state index in [9.17, 15) is 5.11 Å². The van der Waals surface area contributed by atoms with Crippen LogP contribution in [0.1, 0.15) is 63.5 Å². The van der Waals surface area contributed by atoms with Crippen LogP contribution in [0.2, 0.25) is 0 Å². The summed E-state index contributed by atoms with van der Waals surface area (Å²) in [7, 11) is 2.10. The molecule has 4 heteroatoms. The van der Waals surface area contributed by atoms with Crippen molar-refractivity contribution in [3.63, 3.8) is 0 Å². The number of piperidine rings is 1. The van der Waals surface area contributed by atoms with Crippen molar-refractivity contribution in [2.24, 2.45) is 11.8 Å². The molecule has 1 aromatic carbocycles. The molecule has 3 N–H and O–H groups in total. The summed E-state index contributed by atoms with van der Waals surface area (Å²) >= 11 is 0. The molecule has 4 nitrogen and oxygen atoms in total. The summed E-state index contributed by atoms with van der Waals surface area (Å²) in [5, 5.41) is 18.7. The molecule has 6 atom stereocenters. The van der Waals surface area contributed by atoms with Crippen molar-refractivity contribution in [1.82, 2.24) is 10.6 Å². The van der Waals surface area contributed by atoms with Crippen molar-refractivity contribution in [2.75, 3.05) is 13.7 Å². The van der Waals surface area contributed by atoms with Gasteiger partial charge < -0.3 is 20.5 Å². The van der Waals surface area contributed by atoms with Gasteiger partial charge in [0.25, 0.3) is 0 Å². The standard InChI is InChI=1S/C24H36N2O2/c1-4-6-19(25-3)18-14-28-23(2)21-12-16-7-5-8-20(27)22(16)24(18,23)13-17(26-21)11-15-9-10-15/h5,7-8,15,17-19,21,25-27H,4,6,9-14H2,1-3H3. The second-order valence-corrected chi connectivity index (χ2v) is 9.99. The lowest BCUT2D eigenvalue weighted by molar-refractivity contribution is -0.0864. The van der Waals surface area contributed by atoms with Crippen LogP contribution in [-0.2, 0) is 16.6 Å². The molecule has 0 amide bonds. The number of nitrogens with one attached hydrogen (secondary N) is 2. The first-order valence-electron chi connectivity index (χ1n) is 11.4. The van der Waals surface area contributed by atoms with Gasteiger partial charge in [-0.1, -0.05) is 38.3 Å². The zero-order valence-electron chi connectivity index (χ0n) is 17.6. The lowest BCUT2D eigenvalue weighted by Crippen LogP contribution is -2.72. The van der Waals surface area contributed by atoms with Crippen LogP contribution < -0.4 is 10.6 Å². The quantitative estimate of drug-likeness (QED) is 0.703. The van der Waals surface area contributed by atoms with E-state index in [-0.39, 0.29) is 11.0 Å². The van der Waals surface area contributed by atoms with Crippen LogP contribution in [0.15, 0.2) is 18.2 Å². The smallest absolute Gasteiger partial charge is 0.119 e. The van der Waals surface area contributed by atoms with Crippen LogP contribution >= 0.6 is 0 Å². The summed E-state index contributed by atoms with van der Waals surface area (Å²) in [5.41, 5.74) is 2.15. The minimum Gasteiger partial charge on any atom is -0.508 e. The Morgan fingerprint density at radius 2 is 2.18 bits per heavy atom. The fourth-order valence-corrected chi connectivity index (χ4v) is 7.06. The normalized spacial score (nSPS) is 40.0. The van der Waals surface area contributed by atoms with Gasteiger partial charge in [-0.3, -0.25) is 0 Å². The van der Waals surface area contributed by atoms with E-state index < -0.39 is 0 Å². The van der Waals surface area contributed by atoms with Gasteiger partial charge in [-0.05, 0) is 57.2 Å². The van der Waals surface area contributed by atoms with E-state index in [1.54, 1.807) is 0 Å². The molecule has 4 aliphatic rings. The van der Waals surface area contributed by atoms with Gasteiger partial charge in [-0.15, -0.1) is 0 Å². The van der Waals surface area contributed by atoms with Gasteiger partial charge in [0, 0.05) is 35.0 Å². The number of benzene rings is 1. The Hall–Kier alpha value is -1.10. The van der Waals surface area contributed by atoms with E-state index >= 15 is 0 Å². The highest BCUT2D eigenvalue weighted by molar-refractivity contribution is 5.53. The maximum atomic E-state index is 11.1. The van der Waals surface area contributed by atoms with Gasteiger partial charge in [0.2, 0.25) is 0 Å². The van der Waals surface area contributed by atoms with E-state index in [2.05, 4.69) is 37.6 Å². The molecular formula is C24H36N2O2. The van der Waals surface area contributed by atoms with Gasteiger partial charge in [0.05, 0.1) is 12.2 Å². The van der Waals surface area contributed by atoms with Crippen LogP contribution in [0, 0.1) is 11.8 Å². The van der Waals surface area contributed by atoms with E-state index in [1.165, 1.54) is 30.4 Å². The number of phenolic OH excluding ortho intramolecular Hbond substituents is 1. The number of rotatable bonds is 6. The van der Waals surface area contributed by atoms with Crippen LogP contribution in [0.3, 0.4) is 0 Å². The summed E-state index contributed by atoms with van der Waals surface area (Å²) in [6, 6.07) is 7.41. The van der Waals surface area contributed by atoms with Crippen LogP contribution in [-0.4, -0.2) is 42.5 Å². The number of phenols is 1. The highest BCUT2D eigenvalue weighted by Gasteiger charge is 2.69. The number of ether oxygens (including phenoxy) is 1. The van der Waals surface area contributed by atoms with Crippen molar-refractivity contribution >= 4 is 0 Å². The lowest BCUT2D eigenvalue weighted by atomic mass is 9.49. The highest BCUT2D eigenvalue weighted by atomic mass is 16.5. The Labute approximate surface area is 169 Å². The van der Waals surface area contributed by atoms with Gasteiger partial charge in [0.1, 0.15) is 5.75 Å². The predicted octanol–water partition coefficient (Wildman–Crippen LogP) is 3.51. The van der Waals surface area contributed by atoms with Crippen LogP contribution in [0.5, 0.6) is 5.75 Å². The van der Waals surface area contributed by atoms with E-state index in [4.69, 9.17) is 4.74 Å². The Morgan fingerprint density at radius 1 is 1.36 bits per heavy atom. The van der Waals surface area contributed by atoms with E-state index in [0.717, 1.165) is 38.2 Å². The third-order valence-electron chi connectivity index (χ3n) is 8.52. The van der Waals surface area contributed by atoms with Gasteiger partial charge >= 0.3 is 0 Å². The summed E-state index contributed by atoms with van der Waals surface area (Å²) in [4.78, 5) is 0. The van der Waals surface area contributed by atoms with Crippen LogP contribution in [0.4, 0.5) is 0 Å². The zero-order valence-corrected chi connectivity index (χ0v) is 17.6. The molecule has 0 radical (unpaired) electrons. The molecule has 5 rings (SSSR count). The third kappa shape index (κ3) is 2.54. The Bertz CT molecular complexity index is 748. The van der Waals surface area contributed by atoms with Crippen molar-refractivity contribution in [2.45, 2.75) is 87.9 Å². The second-order valence-electron chi connectivity index (χ2n) is 9.99. The molecule has 1 aromatic rings. The lowest BCUT2D eigenvalue weighted by Gasteiger charge is -2.60. The molecule has 2 aliphatic heterocycles. The topological polar surface area (TPSA) is 53.5 Å². The number of hydrogen-bond donors (Lipinski definition) is 3. The molecular weight excluding hydrogens is 348 g/mol. The van der Waals surface area contributed by atoms with Gasteiger partial charge in [-0.2, -0.15) is 0 Å². The maximum Gasteiger partial charge on any atom is 0.119 e. The zero-order chi connectivity index (χ0) is 19.5. The van der Waals surface area contributed by atoms with Gasteiger partial charge in [0.15, 0.2) is 0 Å². The second kappa shape index (κ2) is 6.72. The summed E-state index contributed by atoms with van der Waals surface area (Å²) in [6.45, 7) is 5.38. The number of fused-ring (bicyclic) bond motifs is 1. The molecule has 2 heterocycles. The van der Waals surface area contributed by atoms with E-state index in [0.29, 0.717) is 29.8 Å². The van der Waals surface area contributed by atoms with Gasteiger partial charge in [-0.25, -0.2) is 0 Å². The molecule has 3 fully saturated rings. The fourth-order valence-electron chi connectivity index (χ4n) is 7.06. The first-order valence-corrected chi connectivity index (χ1v) is 11.4. The molecule has 0 spiro atoms. The van der Waals surface area contributed by atoms with Crippen molar-refractivity contribution in [3.05, 3.63) is 29.3 Å². The molecule has 2 bridgehead atoms. The Balaban J connectivity index is 1.66. The minimum atomic E-state index is -0.258. The van der Waals surface area contributed by atoms with Crippen molar-refractivity contribution < 1.29 is 9.84 Å². The minimum absolute atomic E-state index is 0.121. The molecule has 0 aromatic heterocycles. The Morgan fingerprint density at radius 3 is 2.89 bits per heavy atom. The van der Waals surface area contributed by atoms with Crippen molar-refractivity contribution in [3.8, 4) is 5.75 Å². The molecule has 28 heavy (non-hydrogen) atoms. The number of aromatic hydroxyl groups is 1. The monoisotopic (exact) mass is 384 g/mol. The molecule has 2 aliphatic carbocycles. The molecule has 2 saturated heterocycles. The maximum absolute atomic E-state index is 11.1. The highest BCUT2D eigenvalue weighted by Crippen LogP contribution is 2.63. The summed E-state index contributed by atoms with van der Waals surface area (Å²) < 4.78 is 6.71. The third-order valence-corrected chi connectivity index (χ3v) is 8.52. The summed E-state index contributed by atoms with van der Waals surface area (Å²) in [5.74, 6) is 1.77. The average Bonchev–Trinajstić information content (AvgIpc) is 3.41. The first kappa shape index (κ1) is 18.9. The summed E-state index contributed by atoms with van der Waals surface area (Å²) in [6.07, 6.45) is 8.41.